The van der Waals surface area contributed by atoms with Gasteiger partial charge >= 0.3 is 6.18 Å². The standard InChI is InChI=1S/C28H32F3N7O2/c1-3-25(39)33-21-6-5-7-22(18-21)34-26-24(28(29,30)31)19-32-27(36-26)35-20-8-10-23(11-9-20)40-17-16-38-14-12-37(4-2)13-15-38/h3,5-11,18-19H,1,4,12-17H2,2H3,(H,33,39)(H2,32,34,35,36). The molecule has 0 unspecified atom stereocenters. The number of alkyl halides is 3. The summed E-state index contributed by atoms with van der Waals surface area (Å²) in [6.07, 6.45) is -2.87. The summed E-state index contributed by atoms with van der Waals surface area (Å²) >= 11 is 0. The molecule has 3 N–H and O–H groups in total. The summed E-state index contributed by atoms with van der Waals surface area (Å²) < 4.78 is 46.9. The van der Waals surface area contributed by atoms with E-state index in [2.05, 4.69) is 49.2 Å². The van der Waals surface area contributed by atoms with Gasteiger partial charge in [0.05, 0.1) is 0 Å². The second-order valence-electron chi connectivity index (χ2n) is 9.13. The van der Waals surface area contributed by atoms with E-state index >= 15 is 0 Å². The first-order chi connectivity index (χ1) is 19.2. The highest BCUT2D eigenvalue weighted by molar-refractivity contribution is 5.99. The molecule has 1 aliphatic rings. The van der Waals surface area contributed by atoms with E-state index in [1.807, 2.05) is 0 Å². The van der Waals surface area contributed by atoms with Crippen molar-refractivity contribution in [2.24, 2.45) is 0 Å². The minimum Gasteiger partial charge on any atom is -0.492 e. The van der Waals surface area contributed by atoms with Crippen LogP contribution in [0.15, 0.2) is 67.4 Å². The van der Waals surface area contributed by atoms with Gasteiger partial charge in [-0.15, -0.1) is 0 Å². The van der Waals surface area contributed by atoms with Gasteiger partial charge in [0.25, 0.3) is 0 Å². The van der Waals surface area contributed by atoms with Gasteiger partial charge in [-0.3, -0.25) is 9.69 Å². The van der Waals surface area contributed by atoms with Crippen LogP contribution in [0.25, 0.3) is 0 Å². The zero-order chi connectivity index (χ0) is 28.5. The number of halogens is 3. The van der Waals surface area contributed by atoms with E-state index in [0.717, 1.165) is 51.5 Å². The number of hydrogen-bond donors (Lipinski definition) is 3. The second-order valence-corrected chi connectivity index (χ2v) is 9.13. The molecule has 9 nitrogen and oxygen atoms in total. The summed E-state index contributed by atoms with van der Waals surface area (Å²) in [6.45, 7) is 12.2. The fourth-order valence-electron chi connectivity index (χ4n) is 4.13. The van der Waals surface area contributed by atoms with Crippen molar-refractivity contribution in [3.63, 3.8) is 0 Å². The van der Waals surface area contributed by atoms with E-state index in [9.17, 15) is 18.0 Å². The van der Waals surface area contributed by atoms with E-state index < -0.39 is 23.5 Å². The lowest BCUT2D eigenvalue weighted by atomic mass is 10.2. The molecule has 0 atom stereocenters. The number of benzene rings is 2. The Hall–Kier alpha value is -4.16. The fraction of sp³-hybridized carbons (Fsp3) is 0.321. The molecule has 0 saturated carbocycles. The largest absolute Gasteiger partial charge is 0.492 e. The summed E-state index contributed by atoms with van der Waals surface area (Å²) in [5.41, 5.74) is 0.240. The lowest BCUT2D eigenvalue weighted by Gasteiger charge is -2.33. The Morgan fingerprint density at radius 2 is 1.73 bits per heavy atom. The zero-order valence-electron chi connectivity index (χ0n) is 22.2. The highest BCUT2D eigenvalue weighted by Gasteiger charge is 2.35. The zero-order valence-corrected chi connectivity index (χ0v) is 22.2. The Kier molecular flexibility index (Phi) is 9.56. The van der Waals surface area contributed by atoms with Crippen LogP contribution in [-0.4, -0.2) is 71.6 Å². The van der Waals surface area contributed by atoms with Gasteiger partial charge in [0.1, 0.15) is 23.7 Å². The summed E-state index contributed by atoms with van der Waals surface area (Å²) in [5.74, 6) is -0.205. The summed E-state index contributed by atoms with van der Waals surface area (Å²) in [5, 5.41) is 8.18. The topological polar surface area (TPSA) is 94.6 Å². The smallest absolute Gasteiger partial charge is 0.421 e. The predicted molar refractivity (Wildman–Crippen MR) is 149 cm³/mol. The highest BCUT2D eigenvalue weighted by Crippen LogP contribution is 2.35. The van der Waals surface area contributed by atoms with Crippen LogP contribution in [0.4, 0.5) is 42.0 Å². The number of carbonyl (C=O) groups excluding carboxylic acids is 1. The number of aromatic nitrogens is 2. The highest BCUT2D eigenvalue weighted by atomic mass is 19.4. The second kappa shape index (κ2) is 13.3. The molecular weight excluding hydrogens is 523 g/mol. The molecule has 1 aliphatic heterocycles. The molecule has 0 bridgehead atoms. The Morgan fingerprint density at radius 3 is 2.40 bits per heavy atom. The lowest BCUT2D eigenvalue weighted by molar-refractivity contribution is -0.137. The summed E-state index contributed by atoms with van der Waals surface area (Å²) in [4.78, 5) is 24.3. The monoisotopic (exact) mass is 555 g/mol. The molecule has 1 amide bonds. The molecule has 40 heavy (non-hydrogen) atoms. The number of amides is 1. The maximum absolute atomic E-state index is 13.7. The number of nitrogens with zero attached hydrogens (tertiary/aromatic N) is 4. The number of rotatable bonds is 11. The molecule has 1 aromatic heterocycles. The predicted octanol–water partition coefficient (Wildman–Crippen LogP) is 5.12. The van der Waals surface area contributed by atoms with E-state index in [0.29, 0.717) is 29.4 Å². The van der Waals surface area contributed by atoms with Gasteiger partial charge in [0.15, 0.2) is 0 Å². The first-order valence-electron chi connectivity index (χ1n) is 12.9. The maximum atomic E-state index is 13.7. The molecule has 12 heteroatoms. The normalized spacial score (nSPS) is 14.4. The number of piperazine rings is 1. The number of nitrogens with one attached hydrogen (secondary N) is 3. The van der Waals surface area contributed by atoms with Crippen LogP contribution >= 0.6 is 0 Å². The van der Waals surface area contributed by atoms with E-state index in [-0.39, 0.29) is 5.95 Å². The summed E-state index contributed by atoms with van der Waals surface area (Å²) in [7, 11) is 0. The Bertz CT molecular complexity index is 1290. The molecule has 2 aromatic carbocycles. The van der Waals surface area contributed by atoms with E-state index in [1.54, 1.807) is 42.5 Å². The molecule has 4 rings (SSSR count). The fourth-order valence-corrected chi connectivity index (χ4v) is 4.13. The molecule has 0 radical (unpaired) electrons. The van der Waals surface area contributed by atoms with Gasteiger partial charge in [0, 0.05) is 56.0 Å². The SMILES string of the molecule is C=CC(=O)Nc1cccc(Nc2nc(Nc3ccc(OCCN4CCN(CC)CC4)cc3)ncc2C(F)(F)F)c1. The Labute approximate surface area is 231 Å². The number of hydrogen-bond acceptors (Lipinski definition) is 8. The van der Waals surface area contributed by atoms with Gasteiger partial charge in [0.2, 0.25) is 11.9 Å². The molecule has 0 spiro atoms. The first-order valence-corrected chi connectivity index (χ1v) is 12.9. The van der Waals surface area contributed by atoms with Crippen molar-refractivity contribution in [1.29, 1.82) is 0 Å². The molecule has 0 aliphatic carbocycles. The van der Waals surface area contributed by atoms with Crippen molar-refractivity contribution in [1.82, 2.24) is 19.8 Å². The quantitative estimate of drug-likeness (QED) is 0.281. The Morgan fingerprint density at radius 1 is 1.02 bits per heavy atom. The van der Waals surface area contributed by atoms with Gasteiger partial charge in [-0.25, -0.2) is 4.98 Å². The third-order valence-corrected chi connectivity index (χ3v) is 6.37. The molecule has 1 fully saturated rings. The average molecular weight is 556 g/mol. The van der Waals surface area contributed by atoms with Crippen LogP contribution in [0.2, 0.25) is 0 Å². The number of anilines is 5. The summed E-state index contributed by atoms with van der Waals surface area (Å²) in [6, 6.07) is 13.3. The van der Waals surface area contributed by atoms with Crippen LogP contribution in [0.1, 0.15) is 12.5 Å². The maximum Gasteiger partial charge on any atom is 0.421 e. The Balaban J connectivity index is 1.39. The van der Waals surface area contributed by atoms with Gasteiger partial charge in [-0.05, 0) is 55.1 Å². The molecule has 2 heterocycles. The van der Waals surface area contributed by atoms with Crippen LogP contribution in [-0.2, 0) is 11.0 Å². The van der Waals surface area contributed by atoms with E-state index in [4.69, 9.17) is 4.74 Å². The molecule has 212 valence electrons. The molecule has 1 saturated heterocycles. The molecule has 3 aromatic rings. The van der Waals surface area contributed by atoms with Crippen molar-refractivity contribution in [2.45, 2.75) is 13.1 Å². The minimum absolute atomic E-state index is 0.0218. The van der Waals surface area contributed by atoms with Crippen LogP contribution in [0.5, 0.6) is 5.75 Å². The third kappa shape index (κ3) is 8.17. The van der Waals surface area contributed by atoms with Gasteiger partial charge in [-0.2, -0.15) is 18.2 Å². The van der Waals surface area contributed by atoms with Crippen LogP contribution in [0, 0.1) is 0 Å². The van der Waals surface area contributed by atoms with E-state index in [1.165, 1.54) is 6.07 Å². The minimum atomic E-state index is -4.68. The number of ether oxygens (including phenoxy) is 1. The van der Waals surface area contributed by atoms with Crippen LogP contribution < -0.4 is 20.7 Å². The van der Waals surface area contributed by atoms with Crippen molar-refractivity contribution in [3.05, 3.63) is 72.9 Å². The van der Waals surface area contributed by atoms with Gasteiger partial charge < -0.3 is 25.6 Å². The van der Waals surface area contributed by atoms with Gasteiger partial charge in [-0.1, -0.05) is 19.6 Å². The average Bonchev–Trinajstić information content (AvgIpc) is 2.94. The van der Waals surface area contributed by atoms with Crippen molar-refractivity contribution >= 4 is 34.7 Å². The third-order valence-electron chi connectivity index (χ3n) is 6.37. The lowest BCUT2D eigenvalue weighted by Crippen LogP contribution is -2.47. The van der Waals surface area contributed by atoms with Crippen molar-refractivity contribution < 1.29 is 22.7 Å². The number of likely N-dealkylation sites (N-methyl/N-ethyl adjacent to an activating group) is 1. The van der Waals surface area contributed by atoms with Crippen molar-refractivity contribution in [3.8, 4) is 5.75 Å². The van der Waals surface area contributed by atoms with Crippen LogP contribution in [0.3, 0.4) is 0 Å². The molecular formula is C28H32F3N7O2. The first kappa shape index (κ1) is 28.8. The number of carbonyl (C=O) groups is 1. The van der Waals surface area contributed by atoms with Crippen molar-refractivity contribution in [2.75, 3.05) is 61.8 Å².